The Balaban J connectivity index is 1.64. The number of pyridine rings is 1. The van der Waals surface area contributed by atoms with E-state index in [9.17, 15) is 0 Å². The number of hydrogen-bond donors (Lipinski definition) is 1. The summed E-state index contributed by atoms with van der Waals surface area (Å²) in [5.41, 5.74) is 3.15. The quantitative estimate of drug-likeness (QED) is 0.349. The van der Waals surface area contributed by atoms with Crippen molar-refractivity contribution in [3.05, 3.63) is 77.5 Å². The van der Waals surface area contributed by atoms with Gasteiger partial charge in [0.05, 0.1) is 12.6 Å². The molecule has 3 aromatic heterocycles. The fourth-order valence-corrected chi connectivity index (χ4v) is 4.05. The van der Waals surface area contributed by atoms with Crippen molar-refractivity contribution in [3.8, 4) is 11.4 Å². The Hall–Kier alpha value is -3.03. The van der Waals surface area contributed by atoms with Crippen LogP contribution >= 0.6 is 12.2 Å². The lowest BCUT2D eigenvalue weighted by Crippen LogP contribution is -3.07. The highest BCUT2D eigenvalue weighted by molar-refractivity contribution is 7.71. The number of aromatic nitrogens is 4. The third-order valence-corrected chi connectivity index (χ3v) is 5.59. The minimum atomic E-state index is 0.606. The highest BCUT2D eigenvalue weighted by Gasteiger charge is 2.19. The van der Waals surface area contributed by atoms with E-state index in [1.54, 1.807) is 6.20 Å². The molecule has 7 heteroatoms. The number of aryl methyl sites for hydroxylation is 1. The SMILES string of the molecule is C=CCn1c(-c2cccnc2)nn(C[NH+](C)Cc2c(CC)oc3ccccc23)c1=S. The van der Waals surface area contributed by atoms with Crippen LogP contribution in [-0.2, 0) is 26.2 Å². The van der Waals surface area contributed by atoms with E-state index in [0.717, 1.165) is 35.7 Å². The maximum atomic E-state index is 6.06. The van der Waals surface area contributed by atoms with E-state index < -0.39 is 0 Å². The van der Waals surface area contributed by atoms with Crippen molar-refractivity contribution in [2.24, 2.45) is 0 Å². The van der Waals surface area contributed by atoms with Crippen molar-refractivity contribution in [3.63, 3.8) is 0 Å². The van der Waals surface area contributed by atoms with E-state index in [4.69, 9.17) is 21.7 Å². The zero-order chi connectivity index (χ0) is 21.1. The molecule has 0 saturated carbocycles. The first-order valence-corrected chi connectivity index (χ1v) is 10.5. The van der Waals surface area contributed by atoms with Crippen LogP contribution < -0.4 is 4.90 Å². The number of rotatable bonds is 8. The molecule has 1 unspecified atom stereocenters. The molecule has 1 aromatic carbocycles. The molecule has 0 bridgehead atoms. The molecule has 4 aromatic rings. The van der Waals surface area contributed by atoms with Crippen LogP contribution in [0.1, 0.15) is 18.2 Å². The van der Waals surface area contributed by atoms with Gasteiger partial charge < -0.3 is 9.32 Å². The van der Waals surface area contributed by atoms with Crippen LogP contribution in [0.3, 0.4) is 0 Å². The largest absolute Gasteiger partial charge is 0.461 e. The van der Waals surface area contributed by atoms with E-state index in [-0.39, 0.29) is 0 Å². The number of nitrogens with zero attached hydrogens (tertiary/aromatic N) is 4. The van der Waals surface area contributed by atoms with Crippen LogP contribution in [-0.4, -0.2) is 26.4 Å². The van der Waals surface area contributed by atoms with Gasteiger partial charge in [0.15, 0.2) is 12.5 Å². The van der Waals surface area contributed by atoms with E-state index in [1.165, 1.54) is 15.8 Å². The number of benzene rings is 1. The van der Waals surface area contributed by atoms with Crippen LogP contribution in [0, 0.1) is 4.77 Å². The minimum absolute atomic E-state index is 0.606. The lowest BCUT2D eigenvalue weighted by molar-refractivity contribution is -0.917. The van der Waals surface area contributed by atoms with Gasteiger partial charge >= 0.3 is 0 Å². The van der Waals surface area contributed by atoms with Gasteiger partial charge in [-0.05, 0) is 30.4 Å². The molecular weight excluding hydrogens is 394 g/mol. The van der Waals surface area contributed by atoms with Gasteiger partial charge in [-0.15, -0.1) is 11.7 Å². The summed E-state index contributed by atoms with van der Waals surface area (Å²) in [7, 11) is 2.15. The average molecular weight is 421 g/mol. The first kappa shape index (κ1) is 20.3. The second-order valence-corrected chi connectivity index (χ2v) is 7.76. The Bertz CT molecular complexity index is 1220. The Morgan fingerprint density at radius 2 is 2.07 bits per heavy atom. The summed E-state index contributed by atoms with van der Waals surface area (Å²) in [6.07, 6.45) is 6.27. The smallest absolute Gasteiger partial charge is 0.203 e. The predicted molar refractivity (Wildman–Crippen MR) is 121 cm³/mol. The number of quaternary nitrogens is 1. The number of allylic oxidation sites excluding steroid dienone is 1. The first-order chi connectivity index (χ1) is 14.6. The van der Waals surface area contributed by atoms with E-state index in [2.05, 4.69) is 37.7 Å². The molecule has 0 spiro atoms. The number of furan rings is 1. The molecule has 0 radical (unpaired) electrons. The molecule has 0 aliphatic rings. The highest BCUT2D eigenvalue weighted by Crippen LogP contribution is 2.25. The van der Waals surface area contributed by atoms with Gasteiger partial charge in [-0.1, -0.05) is 31.2 Å². The lowest BCUT2D eigenvalue weighted by atomic mass is 10.1. The Labute approximate surface area is 181 Å². The van der Waals surface area contributed by atoms with Crippen LogP contribution in [0.4, 0.5) is 0 Å². The van der Waals surface area contributed by atoms with Crippen molar-refractivity contribution < 1.29 is 9.32 Å². The molecule has 0 saturated heterocycles. The summed E-state index contributed by atoms with van der Waals surface area (Å²) in [6.45, 7) is 8.08. The van der Waals surface area contributed by atoms with E-state index in [0.29, 0.717) is 18.0 Å². The van der Waals surface area contributed by atoms with Crippen molar-refractivity contribution in [2.45, 2.75) is 33.1 Å². The molecular formula is C23H26N5OS+. The summed E-state index contributed by atoms with van der Waals surface area (Å²) < 4.78 is 10.6. The number of fused-ring (bicyclic) bond motifs is 1. The van der Waals surface area contributed by atoms with Crippen LogP contribution in [0.2, 0.25) is 0 Å². The number of nitrogens with one attached hydrogen (secondary N) is 1. The van der Waals surface area contributed by atoms with Gasteiger partial charge in [0.2, 0.25) is 4.77 Å². The Morgan fingerprint density at radius 1 is 1.23 bits per heavy atom. The molecule has 1 N–H and O–H groups in total. The van der Waals surface area contributed by atoms with Gasteiger partial charge in [-0.2, -0.15) is 4.68 Å². The standard InChI is InChI=1S/C23H25N5OS/c1-4-13-27-22(17-9-8-12-24-14-17)25-28(23(27)30)16-26(3)15-19-18-10-6-7-11-21(18)29-20(19)5-2/h4,6-12,14H,1,5,13,15-16H2,2-3H3/p+1. The minimum Gasteiger partial charge on any atom is -0.461 e. The van der Waals surface area contributed by atoms with Gasteiger partial charge in [-0.25, -0.2) is 0 Å². The Kier molecular flexibility index (Phi) is 5.92. The second-order valence-electron chi connectivity index (χ2n) is 7.39. The van der Waals surface area contributed by atoms with Gasteiger partial charge in [-0.3, -0.25) is 9.55 Å². The highest BCUT2D eigenvalue weighted by atomic mass is 32.1. The molecule has 4 rings (SSSR count). The van der Waals surface area contributed by atoms with Crippen LogP contribution in [0.15, 0.2) is 65.9 Å². The molecule has 154 valence electrons. The van der Waals surface area contributed by atoms with Crippen molar-refractivity contribution in [1.82, 2.24) is 19.3 Å². The number of para-hydroxylation sites is 1. The molecule has 0 amide bonds. The van der Waals surface area contributed by atoms with Crippen molar-refractivity contribution in [1.29, 1.82) is 0 Å². The fourth-order valence-electron chi connectivity index (χ4n) is 3.79. The molecule has 0 fully saturated rings. The van der Waals surface area contributed by atoms with Gasteiger partial charge in [0.1, 0.15) is 17.9 Å². The fraction of sp³-hybridized carbons (Fsp3) is 0.261. The first-order valence-electron chi connectivity index (χ1n) is 10.1. The monoisotopic (exact) mass is 420 g/mol. The van der Waals surface area contributed by atoms with Crippen LogP contribution in [0.25, 0.3) is 22.4 Å². The lowest BCUT2D eigenvalue weighted by Gasteiger charge is -2.14. The molecule has 0 aliphatic carbocycles. The maximum absolute atomic E-state index is 6.06. The van der Waals surface area contributed by atoms with E-state index in [1.807, 2.05) is 45.8 Å². The summed E-state index contributed by atoms with van der Waals surface area (Å²) in [5.74, 6) is 1.86. The summed E-state index contributed by atoms with van der Waals surface area (Å²) >= 11 is 5.73. The topological polar surface area (TPSA) is 53.2 Å². The third kappa shape index (κ3) is 3.86. The molecule has 0 aliphatic heterocycles. The summed E-state index contributed by atoms with van der Waals surface area (Å²) in [6, 6.07) is 12.1. The van der Waals surface area contributed by atoms with Crippen molar-refractivity contribution in [2.75, 3.05) is 7.05 Å². The Morgan fingerprint density at radius 3 is 2.80 bits per heavy atom. The van der Waals surface area contributed by atoms with Gasteiger partial charge in [0.25, 0.3) is 0 Å². The second kappa shape index (κ2) is 8.77. The summed E-state index contributed by atoms with van der Waals surface area (Å²) in [5, 5.41) is 6.00. The molecule has 1 atom stereocenters. The average Bonchev–Trinajstić information content (AvgIpc) is 3.27. The maximum Gasteiger partial charge on any atom is 0.203 e. The van der Waals surface area contributed by atoms with E-state index >= 15 is 0 Å². The molecule has 6 nitrogen and oxygen atoms in total. The van der Waals surface area contributed by atoms with Gasteiger partial charge in [0, 0.05) is 36.3 Å². The third-order valence-electron chi connectivity index (χ3n) is 5.16. The summed E-state index contributed by atoms with van der Waals surface area (Å²) in [4.78, 5) is 5.49. The molecule has 3 heterocycles. The normalized spacial score (nSPS) is 12.3. The number of hydrogen-bond acceptors (Lipinski definition) is 4. The van der Waals surface area contributed by atoms with Crippen LogP contribution in [0.5, 0.6) is 0 Å². The van der Waals surface area contributed by atoms with Crippen molar-refractivity contribution >= 4 is 23.2 Å². The zero-order valence-corrected chi connectivity index (χ0v) is 18.2. The zero-order valence-electron chi connectivity index (χ0n) is 17.3. The molecule has 30 heavy (non-hydrogen) atoms. The predicted octanol–water partition coefficient (Wildman–Crippen LogP) is 3.64.